The summed E-state index contributed by atoms with van der Waals surface area (Å²) in [6.07, 6.45) is 1.50. The Morgan fingerprint density at radius 1 is 1.29 bits per heavy atom. The normalized spacial score (nSPS) is 11.7. The average molecular weight is 415 g/mol. The summed E-state index contributed by atoms with van der Waals surface area (Å²) < 4.78 is 6.52. The molecular formula is C19H18N4O3S2. The van der Waals surface area contributed by atoms with Crippen molar-refractivity contribution in [1.82, 2.24) is 14.9 Å². The van der Waals surface area contributed by atoms with Gasteiger partial charge in [-0.15, -0.1) is 11.3 Å². The minimum atomic E-state index is -0.442. The fourth-order valence-corrected chi connectivity index (χ4v) is 3.06. The number of nitrogens with one attached hydrogen (secondary N) is 1. The Morgan fingerprint density at radius 3 is 2.61 bits per heavy atom. The van der Waals surface area contributed by atoms with Crippen molar-refractivity contribution in [3.8, 4) is 5.75 Å². The van der Waals surface area contributed by atoms with Gasteiger partial charge in [0.25, 0.3) is 5.56 Å². The highest BCUT2D eigenvalue weighted by atomic mass is 32.1. The highest BCUT2D eigenvalue weighted by Crippen LogP contribution is 2.17. The lowest BCUT2D eigenvalue weighted by Gasteiger charge is -2.16. The number of rotatable bonds is 4. The second kappa shape index (κ2) is 7.99. The van der Waals surface area contributed by atoms with Gasteiger partial charge in [-0.05, 0) is 53.5 Å². The van der Waals surface area contributed by atoms with E-state index in [1.807, 2.05) is 26.2 Å². The minimum Gasteiger partial charge on any atom is -0.422 e. The summed E-state index contributed by atoms with van der Waals surface area (Å²) in [5.41, 5.74) is 0.247. The van der Waals surface area contributed by atoms with Crippen molar-refractivity contribution in [3.63, 3.8) is 0 Å². The van der Waals surface area contributed by atoms with Crippen LogP contribution < -0.4 is 10.3 Å². The monoisotopic (exact) mass is 414 g/mol. The molecule has 0 unspecified atom stereocenters. The van der Waals surface area contributed by atoms with Gasteiger partial charge >= 0.3 is 5.97 Å². The van der Waals surface area contributed by atoms with Crippen LogP contribution in [0.1, 0.15) is 41.7 Å². The molecule has 1 aromatic carbocycles. The lowest BCUT2D eigenvalue weighted by molar-refractivity contribution is 0.0740. The number of esters is 1. The van der Waals surface area contributed by atoms with Gasteiger partial charge in [-0.3, -0.25) is 9.89 Å². The molecule has 7 nitrogen and oxygen atoms in total. The molecule has 2 heterocycles. The largest absolute Gasteiger partial charge is 0.422 e. The first-order chi connectivity index (χ1) is 13.3. The first kappa shape index (κ1) is 19.8. The molecule has 9 heteroatoms. The number of hydrogen-bond acceptors (Lipinski definition) is 7. The molecule has 0 saturated heterocycles. The van der Waals surface area contributed by atoms with Gasteiger partial charge in [-0.2, -0.15) is 14.9 Å². The first-order valence-corrected chi connectivity index (χ1v) is 9.67. The van der Waals surface area contributed by atoms with E-state index in [2.05, 4.69) is 15.3 Å². The number of thiophene rings is 1. The number of benzene rings is 1. The zero-order valence-electron chi connectivity index (χ0n) is 15.5. The Balaban J connectivity index is 1.79. The van der Waals surface area contributed by atoms with Crippen LogP contribution in [0.2, 0.25) is 0 Å². The lowest BCUT2D eigenvalue weighted by atomic mass is 9.93. The molecule has 0 amide bonds. The van der Waals surface area contributed by atoms with Crippen molar-refractivity contribution >= 4 is 35.7 Å². The zero-order valence-corrected chi connectivity index (χ0v) is 17.1. The fraction of sp³-hybridized carbons (Fsp3) is 0.211. The van der Waals surface area contributed by atoms with Gasteiger partial charge in [0.2, 0.25) is 4.77 Å². The van der Waals surface area contributed by atoms with E-state index < -0.39 is 11.4 Å². The molecule has 2 aromatic heterocycles. The highest BCUT2D eigenvalue weighted by molar-refractivity contribution is 7.71. The van der Waals surface area contributed by atoms with Crippen molar-refractivity contribution < 1.29 is 9.53 Å². The Bertz CT molecular complexity index is 1120. The van der Waals surface area contributed by atoms with E-state index >= 15 is 0 Å². The van der Waals surface area contributed by atoms with Crippen LogP contribution in [0, 0.1) is 4.77 Å². The fourth-order valence-electron chi connectivity index (χ4n) is 2.28. The Hall–Kier alpha value is -2.91. The maximum absolute atomic E-state index is 12.6. The third kappa shape index (κ3) is 4.49. The van der Waals surface area contributed by atoms with Crippen LogP contribution in [0.25, 0.3) is 0 Å². The molecule has 0 aliphatic carbocycles. The number of carbonyl (C=O) groups is 1. The number of carbonyl (C=O) groups excluding carboxylic acids is 1. The number of aromatic amines is 1. The van der Waals surface area contributed by atoms with E-state index in [4.69, 9.17) is 17.0 Å². The molecule has 0 radical (unpaired) electrons. The lowest BCUT2D eigenvalue weighted by Crippen LogP contribution is -2.32. The summed E-state index contributed by atoms with van der Waals surface area (Å²) in [4.78, 5) is 25.1. The van der Waals surface area contributed by atoms with Gasteiger partial charge in [-0.25, -0.2) is 4.79 Å². The van der Waals surface area contributed by atoms with Crippen LogP contribution >= 0.6 is 23.6 Å². The summed E-state index contributed by atoms with van der Waals surface area (Å²) in [6.45, 7) is 5.66. The third-order valence-corrected chi connectivity index (χ3v) is 4.81. The van der Waals surface area contributed by atoms with Gasteiger partial charge in [0.1, 0.15) is 16.3 Å². The van der Waals surface area contributed by atoms with Crippen molar-refractivity contribution in [3.05, 3.63) is 73.0 Å². The molecule has 3 rings (SSSR count). The Morgan fingerprint density at radius 2 is 2.00 bits per heavy atom. The topological polar surface area (TPSA) is 89.3 Å². The van der Waals surface area contributed by atoms with Gasteiger partial charge in [-0.1, -0.05) is 26.8 Å². The maximum atomic E-state index is 12.6. The van der Waals surface area contributed by atoms with Crippen LogP contribution in [-0.2, 0) is 5.41 Å². The second-order valence-corrected chi connectivity index (χ2v) is 8.26. The standard InChI is InChI=1S/C19H18N4O3S2/c1-19(2,3)15-16(24)23(18(27)22-21-15)20-11-12-6-8-13(9-7-12)26-17(25)14-5-4-10-28-14/h4-11H,1-3H3,(H,22,27)/b20-11-. The van der Waals surface area contributed by atoms with Crippen LogP contribution in [0.4, 0.5) is 0 Å². The Kier molecular flexibility index (Phi) is 5.66. The van der Waals surface area contributed by atoms with Gasteiger partial charge in [0, 0.05) is 5.41 Å². The molecule has 0 atom stereocenters. The third-order valence-electron chi connectivity index (χ3n) is 3.70. The number of ether oxygens (including phenoxy) is 1. The summed E-state index contributed by atoms with van der Waals surface area (Å²) in [5.74, 6) is 0.0182. The second-order valence-electron chi connectivity index (χ2n) is 6.92. The summed E-state index contributed by atoms with van der Waals surface area (Å²) >= 11 is 6.44. The molecule has 1 N–H and O–H groups in total. The minimum absolute atomic E-state index is 0.107. The number of H-pyrrole nitrogens is 1. The highest BCUT2D eigenvalue weighted by Gasteiger charge is 2.21. The summed E-state index contributed by atoms with van der Waals surface area (Å²) in [5, 5.41) is 12.7. The average Bonchev–Trinajstić information content (AvgIpc) is 3.16. The van der Waals surface area contributed by atoms with Crippen molar-refractivity contribution in [2.75, 3.05) is 0 Å². The smallest absolute Gasteiger partial charge is 0.353 e. The van der Waals surface area contributed by atoms with E-state index in [1.54, 1.807) is 36.4 Å². The SMILES string of the molecule is CC(C)(C)c1n[nH]c(=S)n(/N=C\c2ccc(OC(=O)c3cccs3)cc2)c1=O. The molecule has 144 valence electrons. The predicted molar refractivity (Wildman–Crippen MR) is 111 cm³/mol. The zero-order chi connectivity index (χ0) is 20.3. The van der Waals surface area contributed by atoms with E-state index in [-0.39, 0.29) is 10.3 Å². The van der Waals surface area contributed by atoms with Crippen LogP contribution in [0.5, 0.6) is 5.75 Å². The predicted octanol–water partition coefficient (Wildman–Crippen LogP) is 3.76. The van der Waals surface area contributed by atoms with E-state index in [0.29, 0.717) is 21.9 Å². The van der Waals surface area contributed by atoms with Crippen molar-refractivity contribution in [2.45, 2.75) is 26.2 Å². The molecule has 0 saturated carbocycles. The van der Waals surface area contributed by atoms with Crippen molar-refractivity contribution in [2.24, 2.45) is 5.10 Å². The van der Waals surface area contributed by atoms with Crippen LogP contribution in [0.15, 0.2) is 51.7 Å². The number of aromatic nitrogens is 3. The summed E-state index contributed by atoms with van der Waals surface area (Å²) in [6, 6.07) is 10.3. The van der Waals surface area contributed by atoms with E-state index in [0.717, 1.165) is 4.68 Å². The molecule has 0 aliphatic rings. The molecule has 28 heavy (non-hydrogen) atoms. The van der Waals surface area contributed by atoms with E-state index in [9.17, 15) is 9.59 Å². The Labute approximate surface area is 170 Å². The quantitative estimate of drug-likeness (QED) is 0.304. The molecule has 0 bridgehead atoms. The molecular weight excluding hydrogens is 396 g/mol. The number of hydrogen-bond donors (Lipinski definition) is 1. The van der Waals surface area contributed by atoms with Gasteiger partial charge in [0.15, 0.2) is 0 Å². The van der Waals surface area contributed by atoms with E-state index in [1.165, 1.54) is 17.6 Å². The van der Waals surface area contributed by atoms with Gasteiger partial charge in [0.05, 0.1) is 6.21 Å². The number of nitrogens with zero attached hydrogens (tertiary/aromatic N) is 3. The van der Waals surface area contributed by atoms with Gasteiger partial charge < -0.3 is 4.74 Å². The molecule has 0 spiro atoms. The van der Waals surface area contributed by atoms with Crippen LogP contribution in [0.3, 0.4) is 0 Å². The molecule has 0 fully saturated rings. The summed E-state index contributed by atoms with van der Waals surface area (Å²) in [7, 11) is 0. The molecule has 3 aromatic rings. The maximum Gasteiger partial charge on any atom is 0.353 e. The van der Waals surface area contributed by atoms with Crippen molar-refractivity contribution in [1.29, 1.82) is 0 Å². The molecule has 0 aliphatic heterocycles. The van der Waals surface area contributed by atoms with Crippen LogP contribution in [-0.4, -0.2) is 27.1 Å². The first-order valence-electron chi connectivity index (χ1n) is 8.38.